The molecule has 0 aliphatic carbocycles. The van der Waals surface area contributed by atoms with E-state index in [2.05, 4.69) is 10.00 Å². The molecule has 2 atom stereocenters. The summed E-state index contributed by atoms with van der Waals surface area (Å²) in [5.74, 6) is -5.18. The third kappa shape index (κ3) is 2.24. The molecule has 0 unspecified atom stereocenters. The average Bonchev–Trinajstić information content (AvgIpc) is 3.36. The Morgan fingerprint density at radius 3 is 2.30 bits per heavy atom. The van der Waals surface area contributed by atoms with Crippen LogP contribution in [0.3, 0.4) is 0 Å². The summed E-state index contributed by atoms with van der Waals surface area (Å²) >= 11 is 0. The van der Waals surface area contributed by atoms with Crippen molar-refractivity contribution >= 4 is 17.2 Å². The predicted octanol–water partition coefficient (Wildman–Crippen LogP) is 3.00. The van der Waals surface area contributed by atoms with Gasteiger partial charge in [-0.05, 0) is 19.5 Å². The van der Waals surface area contributed by atoms with E-state index in [1.165, 1.54) is 28.0 Å². The molecule has 27 heavy (non-hydrogen) atoms. The van der Waals surface area contributed by atoms with Crippen molar-refractivity contribution in [2.75, 3.05) is 29.9 Å². The lowest BCUT2D eigenvalue weighted by Crippen LogP contribution is -2.45. The van der Waals surface area contributed by atoms with E-state index >= 15 is 0 Å². The lowest BCUT2D eigenvalue weighted by atomic mass is 10.1. The molecule has 3 aliphatic rings. The molecule has 2 fully saturated rings. The number of hydrogen-bond acceptors (Lipinski definition) is 4. The van der Waals surface area contributed by atoms with Crippen molar-refractivity contribution < 1.29 is 17.6 Å². The van der Waals surface area contributed by atoms with Crippen LogP contribution in [0.15, 0.2) is 24.5 Å². The van der Waals surface area contributed by atoms with Crippen LogP contribution >= 0.6 is 0 Å². The van der Waals surface area contributed by atoms with Crippen molar-refractivity contribution in [3.63, 3.8) is 0 Å². The molecule has 142 valence electrons. The summed E-state index contributed by atoms with van der Waals surface area (Å²) in [6, 6.07) is 1.52. The summed E-state index contributed by atoms with van der Waals surface area (Å²) in [4.78, 5) is 4.64. The molecule has 5 nitrogen and oxygen atoms in total. The normalized spacial score (nSPS) is 24.2. The van der Waals surface area contributed by atoms with Crippen molar-refractivity contribution in [1.82, 2.24) is 14.7 Å². The van der Waals surface area contributed by atoms with Gasteiger partial charge in [0, 0.05) is 37.4 Å². The third-order valence-electron chi connectivity index (χ3n) is 5.73. The number of fused-ring (bicyclic) bond motifs is 3. The first-order chi connectivity index (χ1) is 13.0. The van der Waals surface area contributed by atoms with Crippen molar-refractivity contribution in [2.45, 2.75) is 25.0 Å². The first-order valence-corrected chi connectivity index (χ1v) is 8.78. The zero-order chi connectivity index (χ0) is 18.9. The van der Waals surface area contributed by atoms with Crippen LogP contribution in [-0.4, -0.2) is 46.9 Å². The molecular weight excluding hydrogens is 362 g/mol. The highest BCUT2D eigenvalue weighted by atomic mass is 19.2. The van der Waals surface area contributed by atoms with Gasteiger partial charge in [-0.3, -0.25) is 9.80 Å². The van der Waals surface area contributed by atoms with Gasteiger partial charge in [0.05, 0.1) is 12.7 Å². The SMILES string of the molecule is CN1C[C@@H]2C[C@H]1CN2c1c(F)c(F)c(N2C=CCn3nccc32)c(F)c1F. The van der Waals surface area contributed by atoms with Crippen molar-refractivity contribution in [1.29, 1.82) is 0 Å². The number of likely N-dealkylation sites (tertiary alicyclic amines) is 1. The van der Waals surface area contributed by atoms with Crippen LogP contribution in [-0.2, 0) is 6.54 Å². The van der Waals surface area contributed by atoms with E-state index in [0.717, 1.165) is 11.3 Å². The molecule has 3 aliphatic heterocycles. The van der Waals surface area contributed by atoms with Crippen LogP contribution in [0.2, 0.25) is 0 Å². The van der Waals surface area contributed by atoms with Gasteiger partial charge in [-0.1, -0.05) is 0 Å². The summed E-state index contributed by atoms with van der Waals surface area (Å²) in [6.07, 6.45) is 5.19. The number of rotatable bonds is 2. The lowest BCUT2D eigenvalue weighted by molar-refractivity contribution is 0.290. The fourth-order valence-electron chi connectivity index (χ4n) is 4.40. The lowest BCUT2D eigenvalue weighted by Gasteiger charge is -2.34. The number of hydrogen-bond donors (Lipinski definition) is 0. The minimum absolute atomic E-state index is 0.138. The van der Waals surface area contributed by atoms with Crippen LogP contribution in [0.4, 0.5) is 34.8 Å². The Morgan fingerprint density at radius 2 is 1.67 bits per heavy atom. The van der Waals surface area contributed by atoms with Crippen LogP contribution in [0.1, 0.15) is 6.42 Å². The number of benzene rings is 1. The van der Waals surface area contributed by atoms with Crippen molar-refractivity contribution in [3.8, 4) is 0 Å². The predicted molar refractivity (Wildman–Crippen MR) is 91.9 cm³/mol. The second kappa shape index (κ2) is 5.72. The maximum absolute atomic E-state index is 14.9. The van der Waals surface area contributed by atoms with Gasteiger partial charge in [0.25, 0.3) is 0 Å². The first-order valence-electron chi connectivity index (χ1n) is 8.78. The second-order valence-electron chi connectivity index (χ2n) is 7.21. The topological polar surface area (TPSA) is 27.5 Å². The number of allylic oxidation sites excluding steroid dienone is 1. The minimum atomic E-state index is -1.40. The van der Waals surface area contributed by atoms with Crippen LogP contribution in [0, 0.1) is 23.3 Å². The number of piperazine rings is 1. The zero-order valence-electron chi connectivity index (χ0n) is 14.5. The molecule has 1 aromatic carbocycles. The number of aromatic nitrogens is 2. The molecule has 2 bridgehead atoms. The minimum Gasteiger partial charge on any atom is -0.361 e. The highest BCUT2D eigenvalue weighted by molar-refractivity contribution is 5.69. The van der Waals surface area contributed by atoms with Gasteiger partial charge in [0.15, 0.2) is 23.3 Å². The van der Waals surface area contributed by atoms with Gasteiger partial charge < -0.3 is 4.90 Å². The summed E-state index contributed by atoms with van der Waals surface area (Å²) in [6.45, 7) is 1.38. The standard InChI is InChI=1S/C18H17F4N5/c1-24-8-11-7-10(24)9-26(11)18-15(21)13(19)17(14(20)16(18)22)25-5-2-6-27-12(25)3-4-23-27/h2-5,10-11H,6-9H2,1H3/t10-,11-/m0/s1. The van der Waals surface area contributed by atoms with Gasteiger partial charge in [0.2, 0.25) is 0 Å². The molecule has 1 aromatic heterocycles. The van der Waals surface area contributed by atoms with E-state index in [-0.39, 0.29) is 12.1 Å². The molecule has 2 saturated heterocycles. The molecule has 4 heterocycles. The highest BCUT2D eigenvalue weighted by Crippen LogP contribution is 2.42. The number of anilines is 3. The second-order valence-corrected chi connectivity index (χ2v) is 7.21. The van der Waals surface area contributed by atoms with Gasteiger partial charge in [-0.2, -0.15) is 5.10 Å². The fourth-order valence-corrected chi connectivity index (χ4v) is 4.40. The zero-order valence-corrected chi connectivity index (χ0v) is 14.5. The first kappa shape index (κ1) is 16.6. The molecule has 0 spiro atoms. The molecule has 0 radical (unpaired) electrons. The van der Waals surface area contributed by atoms with E-state index in [1.807, 2.05) is 7.05 Å². The van der Waals surface area contributed by atoms with Crippen LogP contribution in [0.25, 0.3) is 0 Å². The van der Waals surface area contributed by atoms with E-state index in [0.29, 0.717) is 25.5 Å². The Balaban J connectivity index is 1.62. The number of likely N-dealkylation sites (N-methyl/N-ethyl adjacent to an activating group) is 1. The number of nitrogens with zero attached hydrogens (tertiary/aromatic N) is 5. The Hall–Kier alpha value is -2.55. The van der Waals surface area contributed by atoms with Crippen LogP contribution < -0.4 is 9.80 Å². The Kier molecular flexibility index (Phi) is 3.52. The Bertz CT molecular complexity index is 924. The molecule has 0 amide bonds. The van der Waals surface area contributed by atoms with Gasteiger partial charge in [0.1, 0.15) is 17.2 Å². The van der Waals surface area contributed by atoms with Gasteiger partial charge in [-0.15, -0.1) is 0 Å². The molecule has 0 saturated carbocycles. The van der Waals surface area contributed by atoms with Gasteiger partial charge >= 0.3 is 0 Å². The molecular formula is C18H17F4N5. The summed E-state index contributed by atoms with van der Waals surface area (Å²) < 4.78 is 61.2. The van der Waals surface area contributed by atoms with E-state index < -0.39 is 34.6 Å². The molecule has 9 heteroatoms. The van der Waals surface area contributed by atoms with E-state index in [1.54, 1.807) is 6.08 Å². The highest BCUT2D eigenvalue weighted by Gasteiger charge is 2.45. The van der Waals surface area contributed by atoms with E-state index in [9.17, 15) is 17.6 Å². The average molecular weight is 379 g/mol. The summed E-state index contributed by atoms with van der Waals surface area (Å²) in [5.41, 5.74) is -1.38. The molecule has 2 aromatic rings. The van der Waals surface area contributed by atoms with Crippen molar-refractivity contribution in [3.05, 3.63) is 47.8 Å². The van der Waals surface area contributed by atoms with Crippen LogP contribution in [0.5, 0.6) is 0 Å². The Labute approximate surface area is 153 Å². The quantitative estimate of drug-likeness (QED) is 0.592. The molecule has 5 rings (SSSR count). The van der Waals surface area contributed by atoms with E-state index in [4.69, 9.17) is 0 Å². The fraction of sp³-hybridized carbons (Fsp3) is 0.389. The summed E-state index contributed by atoms with van der Waals surface area (Å²) in [7, 11) is 1.94. The Morgan fingerprint density at radius 1 is 0.963 bits per heavy atom. The maximum atomic E-state index is 14.9. The van der Waals surface area contributed by atoms with Gasteiger partial charge in [-0.25, -0.2) is 22.2 Å². The largest absolute Gasteiger partial charge is 0.361 e. The summed E-state index contributed by atoms with van der Waals surface area (Å²) in [5, 5.41) is 4.03. The monoisotopic (exact) mass is 379 g/mol. The van der Waals surface area contributed by atoms with Crippen molar-refractivity contribution in [2.24, 2.45) is 0 Å². The smallest absolute Gasteiger partial charge is 0.188 e. The maximum Gasteiger partial charge on any atom is 0.188 e. The molecule has 0 N–H and O–H groups in total. The third-order valence-corrected chi connectivity index (χ3v) is 5.73. The number of halogens is 4.